The normalized spacial score (nSPS) is 17.1. The Morgan fingerprint density at radius 3 is 2.75 bits per heavy atom. The van der Waals surface area contributed by atoms with Gasteiger partial charge in [0.25, 0.3) is 0 Å². The molecule has 84 valence electrons. The van der Waals surface area contributed by atoms with Crippen LogP contribution in [-0.4, -0.2) is 13.2 Å². The van der Waals surface area contributed by atoms with Crippen LogP contribution in [0.3, 0.4) is 0 Å². The smallest absolute Gasteiger partial charge is 0.235 e. The van der Waals surface area contributed by atoms with Crippen molar-refractivity contribution in [2.75, 3.05) is 7.11 Å². The molecule has 0 bridgehead atoms. The van der Waals surface area contributed by atoms with Crippen molar-refractivity contribution in [2.24, 2.45) is 4.99 Å². The van der Waals surface area contributed by atoms with Crippen LogP contribution >= 0.6 is 15.9 Å². The largest absolute Gasteiger partial charge is 0.496 e. The molecule has 1 aliphatic carbocycles. The first kappa shape index (κ1) is 11.4. The molecule has 2 rings (SSSR count). The van der Waals surface area contributed by atoms with Gasteiger partial charge >= 0.3 is 0 Å². The van der Waals surface area contributed by atoms with Gasteiger partial charge in [0, 0.05) is 10.0 Å². The summed E-state index contributed by atoms with van der Waals surface area (Å²) < 4.78 is 6.29. The van der Waals surface area contributed by atoms with Gasteiger partial charge in [0.15, 0.2) is 0 Å². The molecule has 0 aromatic heterocycles. The van der Waals surface area contributed by atoms with Crippen molar-refractivity contribution < 1.29 is 9.53 Å². The van der Waals surface area contributed by atoms with Crippen molar-refractivity contribution in [3.8, 4) is 5.75 Å². The molecule has 1 aliphatic rings. The van der Waals surface area contributed by atoms with E-state index in [0.29, 0.717) is 0 Å². The van der Waals surface area contributed by atoms with Gasteiger partial charge in [0.2, 0.25) is 6.08 Å². The molecular formula is C12H12BrNO2. The number of carbonyl (C=O) groups excluding carboxylic acids is 1. The number of aliphatic imine (C=N–C) groups is 1. The van der Waals surface area contributed by atoms with Crippen LogP contribution in [0.25, 0.3) is 0 Å². The number of rotatable bonds is 3. The molecule has 0 atom stereocenters. The first-order valence-corrected chi connectivity index (χ1v) is 5.94. The quantitative estimate of drug-likeness (QED) is 0.631. The summed E-state index contributed by atoms with van der Waals surface area (Å²) in [5.41, 5.74) is 0.584. The number of methoxy groups -OCH3 is 1. The van der Waals surface area contributed by atoms with Crippen molar-refractivity contribution in [2.45, 2.75) is 24.8 Å². The van der Waals surface area contributed by atoms with E-state index in [-0.39, 0.29) is 0 Å². The maximum atomic E-state index is 10.5. The second-order valence-electron chi connectivity index (χ2n) is 3.93. The summed E-state index contributed by atoms with van der Waals surface area (Å²) in [7, 11) is 1.63. The van der Waals surface area contributed by atoms with Crippen LogP contribution in [0.15, 0.2) is 27.7 Å². The molecule has 1 saturated carbocycles. The lowest BCUT2D eigenvalue weighted by Gasteiger charge is -2.37. The Kier molecular flexibility index (Phi) is 3.13. The van der Waals surface area contributed by atoms with Gasteiger partial charge in [0.1, 0.15) is 11.3 Å². The first-order chi connectivity index (χ1) is 7.72. The fraction of sp³-hybridized carbons (Fsp3) is 0.417. The highest BCUT2D eigenvalue weighted by atomic mass is 79.9. The highest BCUT2D eigenvalue weighted by Crippen LogP contribution is 2.48. The minimum atomic E-state index is -0.395. The topological polar surface area (TPSA) is 38.7 Å². The molecule has 0 radical (unpaired) electrons. The van der Waals surface area contributed by atoms with E-state index in [2.05, 4.69) is 20.9 Å². The molecule has 1 aromatic rings. The highest BCUT2D eigenvalue weighted by Gasteiger charge is 2.40. The van der Waals surface area contributed by atoms with Gasteiger partial charge in [-0.1, -0.05) is 22.0 Å². The molecule has 1 fully saturated rings. The monoisotopic (exact) mass is 281 g/mol. The standard InChI is InChI=1S/C12H12BrNO2/c1-16-11-7-9(13)3-4-10(11)12(14-8-15)5-2-6-12/h3-4,7H,2,5-6H2,1H3. The number of halogens is 1. The summed E-state index contributed by atoms with van der Waals surface area (Å²) in [6, 6.07) is 5.80. The molecule has 0 saturated heterocycles. The summed E-state index contributed by atoms with van der Waals surface area (Å²) in [5.74, 6) is 0.771. The first-order valence-electron chi connectivity index (χ1n) is 5.15. The maximum absolute atomic E-state index is 10.5. The lowest BCUT2D eigenvalue weighted by Crippen LogP contribution is -2.32. The van der Waals surface area contributed by atoms with Crippen LogP contribution < -0.4 is 4.74 Å². The molecule has 4 heteroatoms. The van der Waals surface area contributed by atoms with Gasteiger partial charge < -0.3 is 4.74 Å². The van der Waals surface area contributed by atoms with Crippen LogP contribution in [0.5, 0.6) is 5.75 Å². The molecular weight excluding hydrogens is 270 g/mol. The van der Waals surface area contributed by atoms with E-state index in [4.69, 9.17) is 4.74 Å². The van der Waals surface area contributed by atoms with Crippen molar-refractivity contribution in [1.29, 1.82) is 0 Å². The van der Waals surface area contributed by atoms with Crippen LogP contribution in [-0.2, 0) is 10.3 Å². The van der Waals surface area contributed by atoms with E-state index in [1.54, 1.807) is 13.2 Å². The summed E-state index contributed by atoms with van der Waals surface area (Å²) in [4.78, 5) is 14.5. The molecule has 0 aliphatic heterocycles. The van der Waals surface area contributed by atoms with Crippen molar-refractivity contribution in [3.63, 3.8) is 0 Å². The highest BCUT2D eigenvalue weighted by molar-refractivity contribution is 9.10. The maximum Gasteiger partial charge on any atom is 0.235 e. The predicted molar refractivity (Wildman–Crippen MR) is 64.3 cm³/mol. The molecule has 3 nitrogen and oxygen atoms in total. The summed E-state index contributed by atoms with van der Waals surface area (Å²) in [6.45, 7) is 0. The molecule has 0 amide bonds. The molecule has 0 spiro atoms. The summed E-state index contributed by atoms with van der Waals surface area (Å²) in [5, 5.41) is 0. The van der Waals surface area contributed by atoms with E-state index in [9.17, 15) is 4.79 Å². The van der Waals surface area contributed by atoms with Crippen molar-refractivity contribution in [1.82, 2.24) is 0 Å². The zero-order chi connectivity index (χ0) is 11.6. The van der Waals surface area contributed by atoms with Crippen LogP contribution in [0.1, 0.15) is 24.8 Å². The summed E-state index contributed by atoms with van der Waals surface area (Å²) in [6.07, 6.45) is 4.55. The number of isocyanates is 1. The molecule has 0 heterocycles. The van der Waals surface area contributed by atoms with E-state index in [1.807, 2.05) is 18.2 Å². The second kappa shape index (κ2) is 4.40. The van der Waals surface area contributed by atoms with Crippen LogP contribution in [0.2, 0.25) is 0 Å². The Morgan fingerprint density at radius 2 is 2.25 bits per heavy atom. The Bertz CT molecular complexity index is 448. The molecule has 16 heavy (non-hydrogen) atoms. The van der Waals surface area contributed by atoms with Crippen molar-refractivity contribution >= 4 is 22.0 Å². The molecule has 1 aromatic carbocycles. The Hall–Kier alpha value is -1.12. The van der Waals surface area contributed by atoms with E-state index in [0.717, 1.165) is 35.0 Å². The number of nitrogens with zero attached hydrogens (tertiary/aromatic N) is 1. The number of ether oxygens (including phenoxy) is 1. The minimum Gasteiger partial charge on any atom is -0.496 e. The van der Waals surface area contributed by atoms with Gasteiger partial charge in [-0.3, -0.25) is 0 Å². The predicted octanol–water partition coefficient (Wildman–Crippen LogP) is 3.17. The van der Waals surface area contributed by atoms with Gasteiger partial charge in [-0.25, -0.2) is 4.79 Å². The summed E-state index contributed by atoms with van der Waals surface area (Å²) >= 11 is 3.39. The molecule has 0 unspecified atom stereocenters. The van der Waals surface area contributed by atoms with Crippen LogP contribution in [0, 0.1) is 0 Å². The van der Waals surface area contributed by atoms with E-state index < -0.39 is 5.54 Å². The SMILES string of the molecule is COc1cc(Br)ccc1C1(N=C=O)CCC1. The number of hydrogen-bond donors (Lipinski definition) is 0. The van der Waals surface area contributed by atoms with Gasteiger partial charge in [-0.15, -0.1) is 0 Å². The van der Waals surface area contributed by atoms with Crippen molar-refractivity contribution in [3.05, 3.63) is 28.2 Å². The third-order valence-electron chi connectivity index (χ3n) is 3.11. The Morgan fingerprint density at radius 1 is 1.50 bits per heavy atom. The number of benzene rings is 1. The lowest BCUT2D eigenvalue weighted by molar-refractivity contribution is 0.246. The second-order valence-corrected chi connectivity index (χ2v) is 4.85. The minimum absolute atomic E-state index is 0.395. The van der Waals surface area contributed by atoms with Gasteiger partial charge in [0.05, 0.1) is 7.11 Å². The molecule has 0 N–H and O–H groups in total. The van der Waals surface area contributed by atoms with Gasteiger partial charge in [-0.05, 0) is 31.4 Å². The lowest BCUT2D eigenvalue weighted by atomic mass is 9.72. The van der Waals surface area contributed by atoms with Crippen LogP contribution in [0.4, 0.5) is 0 Å². The third-order valence-corrected chi connectivity index (χ3v) is 3.60. The zero-order valence-electron chi connectivity index (χ0n) is 9.00. The average Bonchev–Trinajstić information content (AvgIpc) is 2.24. The third kappa shape index (κ3) is 1.79. The van der Waals surface area contributed by atoms with Gasteiger partial charge in [-0.2, -0.15) is 4.99 Å². The average molecular weight is 282 g/mol. The Balaban J connectivity index is 2.49. The Labute approximate surface area is 103 Å². The fourth-order valence-electron chi connectivity index (χ4n) is 2.09. The van der Waals surface area contributed by atoms with E-state index >= 15 is 0 Å². The number of hydrogen-bond acceptors (Lipinski definition) is 3. The van der Waals surface area contributed by atoms with E-state index in [1.165, 1.54) is 0 Å². The zero-order valence-corrected chi connectivity index (χ0v) is 10.6. The fourth-order valence-corrected chi connectivity index (χ4v) is 2.43.